The molecule has 0 fully saturated rings. The predicted molar refractivity (Wildman–Crippen MR) is 75.1 cm³/mol. The van der Waals surface area contributed by atoms with Gasteiger partial charge in [-0.1, -0.05) is 6.07 Å². The zero-order chi connectivity index (χ0) is 14.8. The van der Waals surface area contributed by atoms with Gasteiger partial charge < -0.3 is 5.11 Å². The number of anilines is 1. The summed E-state index contributed by atoms with van der Waals surface area (Å²) in [6.07, 6.45) is 1.42. The molecule has 0 saturated carbocycles. The summed E-state index contributed by atoms with van der Waals surface area (Å²) in [6, 6.07) is 6.43. The van der Waals surface area contributed by atoms with Gasteiger partial charge in [-0.15, -0.1) is 0 Å². The van der Waals surface area contributed by atoms with Crippen LogP contribution in [0.5, 0.6) is 0 Å². The van der Waals surface area contributed by atoms with Crippen molar-refractivity contribution < 1.29 is 17.9 Å². The molecule has 20 heavy (non-hydrogen) atoms. The van der Waals surface area contributed by atoms with Crippen molar-refractivity contribution in [1.82, 2.24) is 4.98 Å². The van der Waals surface area contributed by atoms with E-state index >= 15 is 0 Å². The Hall–Kier alpha value is -1.51. The summed E-state index contributed by atoms with van der Waals surface area (Å²) in [5.41, 5.74) is 0.301. The number of aromatic nitrogens is 1. The van der Waals surface area contributed by atoms with Crippen LogP contribution in [-0.4, -0.2) is 18.5 Å². The van der Waals surface area contributed by atoms with E-state index in [1.54, 1.807) is 6.07 Å². The first-order valence-electron chi connectivity index (χ1n) is 5.46. The van der Waals surface area contributed by atoms with E-state index in [-0.39, 0.29) is 12.4 Å². The molecule has 0 saturated heterocycles. The van der Waals surface area contributed by atoms with Crippen LogP contribution in [0.4, 0.5) is 10.2 Å². The summed E-state index contributed by atoms with van der Waals surface area (Å²) < 4.78 is 40.7. The third-order valence-corrected chi connectivity index (χ3v) is 4.27. The van der Waals surface area contributed by atoms with Crippen LogP contribution in [0.25, 0.3) is 0 Å². The molecule has 0 aliphatic carbocycles. The largest absolute Gasteiger partial charge is 0.392 e. The average molecular weight is 361 g/mol. The standard InChI is InChI=1S/C12H10BrFN2O3S/c13-9-2-4-12(15-6-9)16-20(18,19)11-5-8(7-17)1-3-10(11)14/h1-6,17H,7H2,(H,15,16). The number of benzene rings is 1. The van der Waals surface area contributed by atoms with Crippen molar-refractivity contribution in [3.05, 3.63) is 52.4 Å². The fourth-order valence-electron chi connectivity index (χ4n) is 1.48. The van der Waals surface area contributed by atoms with Crippen LogP contribution >= 0.6 is 15.9 Å². The highest BCUT2D eigenvalue weighted by Gasteiger charge is 2.20. The number of nitrogens with one attached hydrogen (secondary N) is 1. The summed E-state index contributed by atoms with van der Waals surface area (Å²) >= 11 is 3.17. The van der Waals surface area contributed by atoms with Gasteiger partial charge in [-0.2, -0.15) is 0 Å². The van der Waals surface area contributed by atoms with E-state index in [0.717, 1.165) is 12.1 Å². The Morgan fingerprint density at radius 1 is 1.30 bits per heavy atom. The molecule has 1 aromatic heterocycles. The second-order valence-electron chi connectivity index (χ2n) is 3.89. The van der Waals surface area contributed by atoms with Crippen LogP contribution in [0.15, 0.2) is 45.9 Å². The molecule has 106 valence electrons. The van der Waals surface area contributed by atoms with Gasteiger partial charge >= 0.3 is 0 Å². The first kappa shape index (κ1) is 14.9. The fraction of sp³-hybridized carbons (Fsp3) is 0.0833. The average Bonchev–Trinajstić information content (AvgIpc) is 2.41. The SMILES string of the molecule is O=S(=O)(Nc1ccc(Br)cn1)c1cc(CO)ccc1F. The van der Waals surface area contributed by atoms with Gasteiger partial charge in [-0.25, -0.2) is 17.8 Å². The lowest BCUT2D eigenvalue weighted by Crippen LogP contribution is -2.15. The first-order valence-corrected chi connectivity index (χ1v) is 7.73. The minimum absolute atomic E-state index is 0.0713. The molecule has 1 heterocycles. The van der Waals surface area contributed by atoms with E-state index in [9.17, 15) is 12.8 Å². The molecule has 5 nitrogen and oxygen atoms in total. The van der Waals surface area contributed by atoms with Crippen LogP contribution in [0.1, 0.15) is 5.56 Å². The third-order valence-electron chi connectivity index (χ3n) is 2.43. The fourth-order valence-corrected chi connectivity index (χ4v) is 2.85. The van der Waals surface area contributed by atoms with Crippen molar-refractivity contribution >= 4 is 31.8 Å². The Bertz CT molecular complexity index is 720. The van der Waals surface area contributed by atoms with E-state index in [0.29, 0.717) is 10.0 Å². The van der Waals surface area contributed by atoms with Crippen LogP contribution in [0.2, 0.25) is 0 Å². The van der Waals surface area contributed by atoms with Gasteiger partial charge in [-0.05, 0) is 45.8 Å². The minimum Gasteiger partial charge on any atom is -0.392 e. The van der Waals surface area contributed by atoms with E-state index < -0.39 is 20.7 Å². The summed E-state index contributed by atoms with van der Waals surface area (Å²) in [5.74, 6) is -0.825. The van der Waals surface area contributed by atoms with E-state index in [1.165, 1.54) is 18.3 Å². The maximum atomic E-state index is 13.6. The molecule has 0 bridgehead atoms. The number of sulfonamides is 1. The number of hydrogen-bond acceptors (Lipinski definition) is 4. The van der Waals surface area contributed by atoms with Crippen LogP contribution < -0.4 is 4.72 Å². The second-order valence-corrected chi connectivity index (χ2v) is 6.46. The number of rotatable bonds is 4. The number of halogens is 2. The molecule has 0 aliphatic rings. The number of hydrogen-bond donors (Lipinski definition) is 2. The summed E-state index contributed by atoms with van der Waals surface area (Å²) in [5, 5.41) is 8.98. The van der Waals surface area contributed by atoms with Crippen molar-refractivity contribution in [2.45, 2.75) is 11.5 Å². The molecular weight excluding hydrogens is 351 g/mol. The van der Waals surface area contributed by atoms with E-state index in [4.69, 9.17) is 5.11 Å². The van der Waals surface area contributed by atoms with Gasteiger partial charge in [0.2, 0.25) is 0 Å². The topological polar surface area (TPSA) is 79.3 Å². The first-order chi connectivity index (χ1) is 9.42. The molecule has 0 radical (unpaired) electrons. The van der Waals surface area contributed by atoms with Crippen molar-refractivity contribution in [3.8, 4) is 0 Å². The van der Waals surface area contributed by atoms with Gasteiger partial charge in [0.25, 0.3) is 10.0 Å². The van der Waals surface area contributed by atoms with Crippen LogP contribution in [0.3, 0.4) is 0 Å². The van der Waals surface area contributed by atoms with Gasteiger partial charge in [0.05, 0.1) is 6.61 Å². The lowest BCUT2D eigenvalue weighted by Gasteiger charge is -2.09. The number of aliphatic hydroxyl groups excluding tert-OH is 1. The van der Waals surface area contributed by atoms with Crippen molar-refractivity contribution in [3.63, 3.8) is 0 Å². The quantitative estimate of drug-likeness (QED) is 0.876. The number of aliphatic hydroxyl groups is 1. The Kier molecular flexibility index (Phi) is 4.36. The lowest BCUT2D eigenvalue weighted by molar-refractivity contribution is 0.281. The summed E-state index contributed by atoms with van der Waals surface area (Å²) in [7, 11) is -4.10. The van der Waals surface area contributed by atoms with Crippen molar-refractivity contribution in [1.29, 1.82) is 0 Å². The van der Waals surface area contributed by atoms with Gasteiger partial charge in [0.15, 0.2) is 0 Å². The highest BCUT2D eigenvalue weighted by atomic mass is 79.9. The molecule has 0 spiro atoms. The van der Waals surface area contributed by atoms with E-state index in [2.05, 4.69) is 25.6 Å². The zero-order valence-electron chi connectivity index (χ0n) is 10.0. The molecule has 2 rings (SSSR count). The number of nitrogens with zero attached hydrogens (tertiary/aromatic N) is 1. The molecular formula is C12H10BrFN2O3S. The Balaban J connectivity index is 2.37. The third kappa shape index (κ3) is 3.33. The van der Waals surface area contributed by atoms with Crippen molar-refractivity contribution in [2.75, 3.05) is 4.72 Å². The molecule has 0 atom stereocenters. The van der Waals surface area contributed by atoms with Crippen LogP contribution in [0, 0.1) is 5.82 Å². The Morgan fingerprint density at radius 2 is 2.05 bits per heavy atom. The predicted octanol–water partition coefficient (Wildman–Crippen LogP) is 2.28. The normalized spacial score (nSPS) is 11.3. The highest BCUT2D eigenvalue weighted by molar-refractivity contribution is 9.10. The smallest absolute Gasteiger partial charge is 0.265 e. The van der Waals surface area contributed by atoms with Gasteiger partial charge in [0.1, 0.15) is 16.5 Å². The molecule has 2 aromatic rings. The lowest BCUT2D eigenvalue weighted by atomic mass is 10.2. The maximum Gasteiger partial charge on any atom is 0.265 e. The van der Waals surface area contributed by atoms with Crippen molar-refractivity contribution in [2.24, 2.45) is 0 Å². The summed E-state index contributed by atoms with van der Waals surface area (Å²) in [6.45, 7) is -0.376. The molecule has 8 heteroatoms. The molecule has 0 amide bonds. The molecule has 0 unspecified atom stereocenters. The zero-order valence-corrected chi connectivity index (χ0v) is 12.4. The minimum atomic E-state index is -4.10. The second kappa shape index (κ2) is 5.86. The van der Waals surface area contributed by atoms with Crippen LogP contribution in [-0.2, 0) is 16.6 Å². The molecule has 1 aromatic carbocycles. The monoisotopic (exact) mass is 360 g/mol. The molecule has 2 N–H and O–H groups in total. The summed E-state index contributed by atoms with van der Waals surface area (Å²) in [4.78, 5) is 3.32. The highest BCUT2D eigenvalue weighted by Crippen LogP contribution is 2.20. The molecule has 0 aliphatic heterocycles. The number of pyridine rings is 1. The Labute approximate surface area is 123 Å². The van der Waals surface area contributed by atoms with E-state index in [1.807, 2.05) is 0 Å². The Morgan fingerprint density at radius 3 is 2.65 bits per heavy atom. The maximum absolute atomic E-state index is 13.6. The van der Waals surface area contributed by atoms with Gasteiger partial charge in [0, 0.05) is 10.7 Å². The van der Waals surface area contributed by atoms with Gasteiger partial charge in [-0.3, -0.25) is 4.72 Å².